The normalized spacial score (nSPS) is 12.4. The number of ether oxygens (including phenoxy) is 1. The van der Waals surface area contributed by atoms with Crippen molar-refractivity contribution in [2.45, 2.75) is 19.9 Å². The van der Waals surface area contributed by atoms with Crippen LogP contribution < -0.4 is 4.74 Å². The van der Waals surface area contributed by atoms with Gasteiger partial charge in [-0.25, -0.2) is 4.79 Å². The molecule has 0 aliphatic heterocycles. The van der Waals surface area contributed by atoms with Gasteiger partial charge in [-0.3, -0.25) is 4.79 Å². The van der Waals surface area contributed by atoms with Crippen molar-refractivity contribution in [3.05, 3.63) is 30.0 Å². The fraction of sp³-hybridized carbons (Fsp3) is 0.286. The maximum atomic E-state index is 11.7. The monoisotopic (exact) mass is 261 g/mol. The summed E-state index contributed by atoms with van der Waals surface area (Å²) < 4.78 is 6.83. The van der Waals surface area contributed by atoms with Crippen molar-refractivity contribution in [3.8, 4) is 5.75 Å². The number of Topliss-reactive ketones (excluding diaryl/α,β-unsaturated/α-hetero) is 1. The molecule has 0 aliphatic carbocycles. The first-order valence-electron chi connectivity index (χ1n) is 5.88. The van der Waals surface area contributed by atoms with Crippen LogP contribution in [0.15, 0.2) is 24.4 Å². The van der Waals surface area contributed by atoms with E-state index < -0.39 is 12.0 Å². The van der Waals surface area contributed by atoms with Crippen LogP contribution in [0.4, 0.5) is 0 Å². The molecule has 0 saturated carbocycles. The van der Waals surface area contributed by atoms with Crippen molar-refractivity contribution in [2.24, 2.45) is 0 Å². The van der Waals surface area contributed by atoms with Crippen molar-refractivity contribution < 1.29 is 19.4 Å². The van der Waals surface area contributed by atoms with Gasteiger partial charge >= 0.3 is 5.97 Å². The molecule has 0 saturated heterocycles. The Morgan fingerprint density at radius 2 is 2.05 bits per heavy atom. The summed E-state index contributed by atoms with van der Waals surface area (Å²) in [4.78, 5) is 22.8. The fourth-order valence-electron chi connectivity index (χ4n) is 2.15. The van der Waals surface area contributed by atoms with Crippen LogP contribution in [0.1, 0.15) is 30.2 Å². The van der Waals surface area contributed by atoms with E-state index in [0.717, 1.165) is 0 Å². The number of fused-ring (bicyclic) bond motifs is 1. The number of hydrogen-bond acceptors (Lipinski definition) is 3. The van der Waals surface area contributed by atoms with E-state index in [4.69, 9.17) is 9.84 Å². The Bertz CT molecular complexity index is 657. The summed E-state index contributed by atoms with van der Waals surface area (Å²) in [7, 11) is 1.52. The molecule has 0 spiro atoms. The molecule has 1 unspecified atom stereocenters. The summed E-state index contributed by atoms with van der Waals surface area (Å²) in [5.74, 6) is -0.509. The number of aliphatic carboxylic acids is 1. The van der Waals surface area contributed by atoms with Crippen molar-refractivity contribution >= 4 is 22.7 Å². The molecule has 2 rings (SSSR count). The molecule has 0 aliphatic rings. The Hall–Kier alpha value is -2.30. The third-order valence-electron chi connectivity index (χ3n) is 3.19. The molecule has 0 fully saturated rings. The predicted octanol–water partition coefficient (Wildman–Crippen LogP) is 2.50. The summed E-state index contributed by atoms with van der Waals surface area (Å²) in [6.45, 7) is 3.03. The van der Waals surface area contributed by atoms with Crippen LogP contribution in [0.2, 0.25) is 0 Å². The average molecular weight is 261 g/mol. The van der Waals surface area contributed by atoms with Crippen LogP contribution in [0.25, 0.3) is 10.9 Å². The number of para-hydroxylation sites is 1. The van der Waals surface area contributed by atoms with Crippen LogP contribution >= 0.6 is 0 Å². The first kappa shape index (κ1) is 13.1. The number of methoxy groups -OCH3 is 1. The number of benzene rings is 1. The summed E-state index contributed by atoms with van der Waals surface area (Å²) in [6, 6.07) is 4.55. The van der Waals surface area contributed by atoms with Crippen LogP contribution in [0.3, 0.4) is 0 Å². The van der Waals surface area contributed by atoms with Gasteiger partial charge in [0.1, 0.15) is 11.8 Å². The highest BCUT2D eigenvalue weighted by Crippen LogP contribution is 2.32. The Morgan fingerprint density at radius 3 is 2.58 bits per heavy atom. The van der Waals surface area contributed by atoms with E-state index in [0.29, 0.717) is 22.2 Å². The maximum Gasteiger partial charge on any atom is 0.326 e. The van der Waals surface area contributed by atoms with Gasteiger partial charge in [0.25, 0.3) is 0 Å². The number of rotatable bonds is 4. The lowest BCUT2D eigenvalue weighted by Crippen LogP contribution is -2.14. The van der Waals surface area contributed by atoms with E-state index >= 15 is 0 Å². The number of ketones is 1. The van der Waals surface area contributed by atoms with E-state index in [2.05, 4.69) is 0 Å². The molecular formula is C14H15NO4. The molecule has 5 heteroatoms. The Balaban J connectivity index is 2.83. The second-order valence-electron chi connectivity index (χ2n) is 4.38. The average Bonchev–Trinajstić information content (AvgIpc) is 2.77. The predicted molar refractivity (Wildman–Crippen MR) is 70.8 cm³/mol. The number of carboxylic acids is 1. The SMILES string of the molecule is COc1cccc2c(C(C)=O)cn(C(C)C(=O)O)c12. The zero-order valence-corrected chi connectivity index (χ0v) is 11.0. The summed E-state index contributed by atoms with van der Waals surface area (Å²) >= 11 is 0. The highest BCUT2D eigenvalue weighted by atomic mass is 16.5. The molecule has 1 heterocycles. The van der Waals surface area contributed by atoms with Crippen molar-refractivity contribution in [3.63, 3.8) is 0 Å². The van der Waals surface area contributed by atoms with Crippen LogP contribution in [0.5, 0.6) is 5.75 Å². The maximum absolute atomic E-state index is 11.7. The second kappa shape index (κ2) is 4.76. The smallest absolute Gasteiger partial charge is 0.326 e. The zero-order valence-electron chi connectivity index (χ0n) is 11.0. The molecule has 0 radical (unpaired) electrons. The second-order valence-corrected chi connectivity index (χ2v) is 4.38. The molecule has 5 nitrogen and oxygen atoms in total. The Labute approximate surface area is 110 Å². The lowest BCUT2D eigenvalue weighted by molar-refractivity contribution is -0.140. The van der Waals surface area contributed by atoms with Gasteiger partial charge in [0.05, 0.1) is 12.6 Å². The van der Waals surface area contributed by atoms with E-state index in [1.165, 1.54) is 14.0 Å². The lowest BCUT2D eigenvalue weighted by Gasteiger charge is -2.12. The van der Waals surface area contributed by atoms with Gasteiger partial charge in [-0.1, -0.05) is 12.1 Å². The molecule has 1 N–H and O–H groups in total. The summed E-state index contributed by atoms with van der Waals surface area (Å²) in [5, 5.41) is 9.87. The third kappa shape index (κ3) is 2.07. The zero-order chi connectivity index (χ0) is 14.2. The highest BCUT2D eigenvalue weighted by Gasteiger charge is 2.21. The molecule has 1 aromatic heterocycles. The van der Waals surface area contributed by atoms with Gasteiger partial charge in [0.15, 0.2) is 5.78 Å². The molecule has 1 atom stereocenters. The standard InChI is InChI=1S/C14H15NO4/c1-8(14(17)18)15-7-11(9(2)16)10-5-4-6-12(19-3)13(10)15/h4-8H,1-3H3,(H,17,18). The third-order valence-corrected chi connectivity index (χ3v) is 3.19. The minimum atomic E-state index is -0.960. The first-order chi connectivity index (χ1) is 8.97. The number of carbonyl (C=O) groups excluding carboxylic acids is 1. The quantitative estimate of drug-likeness (QED) is 0.858. The van der Waals surface area contributed by atoms with Gasteiger partial charge in [-0.15, -0.1) is 0 Å². The van der Waals surface area contributed by atoms with Crippen molar-refractivity contribution in [1.29, 1.82) is 0 Å². The number of carboxylic acid groups (broad SMARTS) is 1. The number of aromatic nitrogens is 1. The number of hydrogen-bond donors (Lipinski definition) is 1. The minimum absolute atomic E-state index is 0.102. The van der Waals surface area contributed by atoms with E-state index in [1.54, 1.807) is 35.9 Å². The van der Waals surface area contributed by atoms with Crippen molar-refractivity contribution in [1.82, 2.24) is 4.57 Å². The van der Waals surface area contributed by atoms with E-state index in [1.807, 2.05) is 0 Å². The van der Waals surface area contributed by atoms with E-state index in [9.17, 15) is 9.59 Å². The molecular weight excluding hydrogens is 246 g/mol. The lowest BCUT2D eigenvalue weighted by atomic mass is 10.1. The number of nitrogens with zero attached hydrogens (tertiary/aromatic N) is 1. The summed E-state index contributed by atoms with van der Waals surface area (Å²) in [5.41, 5.74) is 1.13. The van der Waals surface area contributed by atoms with E-state index in [-0.39, 0.29) is 5.78 Å². The highest BCUT2D eigenvalue weighted by molar-refractivity contribution is 6.08. The molecule has 0 amide bonds. The van der Waals surface area contributed by atoms with Gasteiger partial charge in [0.2, 0.25) is 0 Å². The molecule has 1 aromatic carbocycles. The largest absolute Gasteiger partial charge is 0.495 e. The van der Waals surface area contributed by atoms with Crippen LogP contribution in [-0.2, 0) is 4.79 Å². The van der Waals surface area contributed by atoms with Crippen molar-refractivity contribution in [2.75, 3.05) is 7.11 Å². The van der Waals surface area contributed by atoms with Gasteiger partial charge in [-0.05, 0) is 19.9 Å². The Kier molecular flexibility index (Phi) is 3.29. The number of carbonyl (C=O) groups is 2. The van der Waals surface area contributed by atoms with Gasteiger partial charge in [-0.2, -0.15) is 0 Å². The minimum Gasteiger partial charge on any atom is -0.495 e. The van der Waals surface area contributed by atoms with Crippen LogP contribution in [0, 0.1) is 0 Å². The molecule has 2 aromatic rings. The Morgan fingerprint density at radius 1 is 1.37 bits per heavy atom. The molecule has 19 heavy (non-hydrogen) atoms. The van der Waals surface area contributed by atoms with Crippen LogP contribution in [-0.4, -0.2) is 28.5 Å². The molecule has 0 bridgehead atoms. The first-order valence-corrected chi connectivity index (χ1v) is 5.88. The van der Waals surface area contributed by atoms with Gasteiger partial charge < -0.3 is 14.4 Å². The molecule has 100 valence electrons. The van der Waals surface area contributed by atoms with Gasteiger partial charge in [0, 0.05) is 17.1 Å². The fourth-order valence-corrected chi connectivity index (χ4v) is 2.15. The topological polar surface area (TPSA) is 68.5 Å². The summed E-state index contributed by atoms with van der Waals surface area (Å²) in [6.07, 6.45) is 1.58.